The van der Waals surface area contributed by atoms with Gasteiger partial charge in [-0.05, 0) is 54.9 Å². The summed E-state index contributed by atoms with van der Waals surface area (Å²) in [5, 5.41) is 0. The van der Waals surface area contributed by atoms with E-state index in [4.69, 9.17) is 14.2 Å². The molecular weight excluding hydrogens is 290 g/mol. The number of methoxy groups -OCH3 is 1. The average molecular weight is 317 g/mol. The number of rotatable bonds is 3. The van der Waals surface area contributed by atoms with Gasteiger partial charge in [0.05, 0.1) is 25.9 Å². The van der Waals surface area contributed by atoms with Gasteiger partial charge in [0, 0.05) is 26.2 Å². The molecule has 4 rings (SSSR count). The second kappa shape index (κ2) is 6.42. The Hall–Kier alpha value is -1.10. The molecule has 0 aliphatic carbocycles. The van der Waals surface area contributed by atoms with E-state index >= 15 is 0 Å². The summed E-state index contributed by atoms with van der Waals surface area (Å²) >= 11 is 0. The van der Waals surface area contributed by atoms with Gasteiger partial charge >= 0.3 is 0 Å². The van der Waals surface area contributed by atoms with Crippen LogP contribution >= 0.6 is 0 Å². The van der Waals surface area contributed by atoms with E-state index < -0.39 is 0 Å². The second-order valence-electron chi connectivity index (χ2n) is 7.15. The van der Waals surface area contributed by atoms with Gasteiger partial charge in [0.25, 0.3) is 0 Å². The molecule has 1 aromatic rings. The molecule has 1 spiro atoms. The molecule has 1 unspecified atom stereocenters. The standard InChI is InChI=1S/C19H27NO3/c1-21-17-2-3-18-16(12-17)5-11-23-19(18)6-8-20(9-7-19)13-15-4-10-22-14-15/h2-3,12,15H,4-11,13-14H2,1H3. The molecule has 4 nitrogen and oxygen atoms in total. The third kappa shape index (κ3) is 3.00. The van der Waals surface area contributed by atoms with Gasteiger partial charge in [-0.3, -0.25) is 0 Å². The Morgan fingerprint density at radius 2 is 2.13 bits per heavy atom. The molecule has 0 amide bonds. The Labute approximate surface area is 138 Å². The number of piperidine rings is 1. The maximum absolute atomic E-state index is 6.33. The summed E-state index contributed by atoms with van der Waals surface area (Å²) in [5.41, 5.74) is 2.74. The largest absolute Gasteiger partial charge is 0.497 e. The van der Waals surface area contributed by atoms with Crippen LogP contribution < -0.4 is 4.74 Å². The van der Waals surface area contributed by atoms with Gasteiger partial charge in [0.15, 0.2) is 0 Å². The molecule has 0 saturated carbocycles. The fourth-order valence-electron chi connectivity index (χ4n) is 4.39. The summed E-state index contributed by atoms with van der Waals surface area (Å²) in [4.78, 5) is 2.60. The molecule has 3 aliphatic rings. The summed E-state index contributed by atoms with van der Waals surface area (Å²) in [6.45, 7) is 6.16. The van der Waals surface area contributed by atoms with Crippen molar-refractivity contribution in [3.05, 3.63) is 29.3 Å². The minimum atomic E-state index is -0.0669. The molecule has 0 bridgehead atoms. The van der Waals surface area contributed by atoms with Crippen LogP contribution in [0.4, 0.5) is 0 Å². The zero-order valence-electron chi connectivity index (χ0n) is 14.1. The monoisotopic (exact) mass is 317 g/mol. The highest BCUT2D eigenvalue weighted by Gasteiger charge is 2.41. The maximum atomic E-state index is 6.33. The van der Waals surface area contributed by atoms with E-state index in [0.717, 1.165) is 63.8 Å². The number of hydrogen-bond acceptors (Lipinski definition) is 4. The lowest BCUT2D eigenvalue weighted by molar-refractivity contribution is -0.0992. The van der Waals surface area contributed by atoms with E-state index in [9.17, 15) is 0 Å². The van der Waals surface area contributed by atoms with E-state index in [1.807, 2.05) is 0 Å². The normalized spacial score (nSPS) is 27.1. The molecule has 3 aliphatic heterocycles. The number of ether oxygens (including phenoxy) is 3. The third-order valence-electron chi connectivity index (χ3n) is 5.76. The van der Waals surface area contributed by atoms with Gasteiger partial charge in [-0.15, -0.1) is 0 Å². The van der Waals surface area contributed by atoms with E-state index in [1.165, 1.54) is 24.1 Å². The first-order chi connectivity index (χ1) is 11.3. The lowest BCUT2D eigenvalue weighted by atomic mass is 9.79. The van der Waals surface area contributed by atoms with Crippen LogP contribution in [0, 0.1) is 5.92 Å². The van der Waals surface area contributed by atoms with E-state index in [-0.39, 0.29) is 5.60 Å². The fraction of sp³-hybridized carbons (Fsp3) is 0.684. The van der Waals surface area contributed by atoms with Crippen LogP contribution in [0.5, 0.6) is 5.75 Å². The number of hydrogen-bond donors (Lipinski definition) is 0. The minimum absolute atomic E-state index is 0.0669. The predicted molar refractivity (Wildman–Crippen MR) is 88.9 cm³/mol. The van der Waals surface area contributed by atoms with Crippen LogP contribution in [0.15, 0.2) is 18.2 Å². The van der Waals surface area contributed by atoms with Crippen LogP contribution in [0.25, 0.3) is 0 Å². The Balaban J connectivity index is 1.46. The van der Waals surface area contributed by atoms with Crippen LogP contribution in [0.2, 0.25) is 0 Å². The van der Waals surface area contributed by atoms with Crippen LogP contribution in [0.1, 0.15) is 30.4 Å². The number of likely N-dealkylation sites (tertiary alicyclic amines) is 1. The van der Waals surface area contributed by atoms with Gasteiger partial charge in [-0.2, -0.15) is 0 Å². The summed E-state index contributed by atoms with van der Waals surface area (Å²) in [6.07, 6.45) is 4.41. The smallest absolute Gasteiger partial charge is 0.119 e. The fourth-order valence-corrected chi connectivity index (χ4v) is 4.39. The maximum Gasteiger partial charge on any atom is 0.119 e. The summed E-state index contributed by atoms with van der Waals surface area (Å²) < 4.78 is 17.2. The van der Waals surface area contributed by atoms with Crippen LogP contribution in [-0.4, -0.2) is 51.5 Å². The first kappa shape index (κ1) is 15.4. The summed E-state index contributed by atoms with van der Waals surface area (Å²) in [7, 11) is 1.74. The van der Waals surface area contributed by atoms with Gasteiger partial charge in [-0.1, -0.05) is 6.07 Å². The minimum Gasteiger partial charge on any atom is -0.497 e. The molecular formula is C19H27NO3. The number of benzene rings is 1. The number of nitrogens with zero attached hydrogens (tertiary/aromatic N) is 1. The first-order valence-corrected chi connectivity index (χ1v) is 8.90. The Morgan fingerprint density at radius 3 is 2.87 bits per heavy atom. The van der Waals surface area contributed by atoms with Crippen molar-refractivity contribution in [2.24, 2.45) is 5.92 Å². The van der Waals surface area contributed by atoms with Crippen molar-refractivity contribution in [3.8, 4) is 5.75 Å². The summed E-state index contributed by atoms with van der Waals surface area (Å²) in [5.74, 6) is 1.69. The molecule has 0 N–H and O–H groups in total. The predicted octanol–water partition coefficient (Wildman–Crippen LogP) is 2.60. The van der Waals surface area contributed by atoms with Crippen molar-refractivity contribution in [1.82, 2.24) is 4.90 Å². The van der Waals surface area contributed by atoms with Gasteiger partial charge in [0.2, 0.25) is 0 Å². The molecule has 1 atom stereocenters. The van der Waals surface area contributed by atoms with Crippen molar-refractivity contribution in [2.75, 3.05) is 46.6 Å². The Morgan fingerprint density at radius 1 is 1.26 bits per heavy atom. The molecule has 0 radical (unpaired) electrons. The van der Waals surface area contributed by atoms with E-state index in [1.54, 1.807) is 7.11 Å². The molecule has 2 saturated heterocycles. The highest BCUT2D eigenvalue weighted by Crippen LogP contribution is 2.42. The van der Waals surface area contributed by atoms with Crippen molar-refractivity contribution < 1.29 is 14.2 Å². The molecule has 1 aromatic carbocycles. The quantitative estimate of drug-likeness (QED) is 0.857. The topological polar surface area (TPSA) is 30.9 Å². The zero-order chi connectivity index (χ0) is 15.7. The Kier molecular flexibility index (Phi) is 4.31. The first-order valence-electron chi connectivity index (χ1n) is 8.90. The van der Waals surface area contributed by atoms with Crippen molar-refractivity contribution in [3.63, 3.8) is 0 Å². The van der Waals surface area contributed by atoms with E-state index in [0.29, 0.717) is 0 Å². The molecule has 23 heavy (non-hydrogen) atoms. The van der Waals surface area contributed by atoms with Crippen LogP contribution in [-0.2, 0) is 21.5 Å². The SMILES string of the molecule is COc1ccc2c(c1)CCOC21CCN(CC2CCOC2)CC1. The lowest BCUT2D eigenvalue weighted by Gasteiger charge is -2.45. The van der Waals surface area contributed by atoms with E-state index in [2.05, 4.69) is 23.1 Å². The van der Waals surface area contributed by atoms with Crippen molar-refractivity contribution in [1.29, 1.82) is 0 Å². The van der Waals surface area contributed by atoms with Gasteiger partial charge < -0.3 is 19.1 Å². The summed E-state index contributed by atoms with van der Waals surface area (Å²) in [6, 6.07) is 6.51. The second-order valence-corrected chi connectivity index (χ2v) is 7.15. The third-order valence-corrected chi connectivity index (χ3v) is 5.76. The van der Waals surface area contributed by atoms with Crippen LogP contribution in [0.3, 0.4) is 0 Å². The highest BCUT2D eigenvalue weighted by molar-refractivity contribution is 5.41. The molecule has 2 fully saturated rings. The highest BCUT2D eigenvalue weighted by atomic mass is 16.5. The molecule has 126 valence electrons. The Bertz CT molecular complexity index is 546. The zero-order valence-corrected chi connectivity index (χ0v) is 14.1. The van der Waals surface area contributed by atoms with Gasteiger partial charge in [0.1, 0.15) is 5.75 Å². The van der Waals surface area contributed by atoms with Crippen molar-refractivity contribution in [2.45, 2.75) is 31.3 Å². The number of fused-ring (bicyclic) bond motifs is 2. The van der Waals surface area contributed by atoms with Gasteiger partial charge in [-0.25, -0.2) is 0 Å². The average Bonchev–Trinajstić information content (AvgIpc) is 3.10. The molecule has 4 heteroatoms. The lowest BCUT2D eigenvalue weighted by Crippen LogP contribution is -2.47. The van der Waals surface area contributed by atoms with Crippen molar-refractivity contribution >= 4 is 0 Å². The molecule has 3 heterocycles. The molecule has 0 aromatic heterocycles.